The molecule has 1 aliphatic carbocycles. The summed E-state index contributed by atoms with van der Waals surface area (Å²) < 4.78 is 1.34. The highest BCUT2D eigenvalue weighted by Crippen LogP contribution is 2.29. The summed E-state index contributed by atoms with van der Waals surface area (Å²) in [6, 6.07) is 7.30. The number of non-ortho nitro benzene ring substituents is 1. The third kappa shape index (κ3) is 3.41. The van der Waals surface area contributed by atoms with Crippen LogP contribution in [0, 0.1) is 10.1 Å². The number of amides is 1. The van der Waals surface area contributed by atoms with Gasteiger partial charge in [0.15, 0.2) is 5.69 Å². The fourth-order valence-corrected chi connectivity index (χ4v) is 3.17. The molecule has 0 atom stereocenters. The van der Waals surface area contributed by atoms with E-state index in [1.54, 1.807) is 6.07 Å². The first-order chi connectivity index (χ1) is 12.4. The maximum atomic E-state index is 12.5. The molecule has 2 aromatic rings. The zero-order valence-corrected chi connectivity index (χ0v) is 13.9. The highest BCUT2D eigenvalue weighted by atomic mass is 16.6. The lowest BCUT2D eigenvalue weighted by Crippen LogP contribution is -2.55. The van der Waals surface area contributed by atoms with Crippen molar-refractivity contribution in [3.8, 4) is 5.69 Å². The van der Waals surface area contributed by atoms with Gasteiger partial charge in [-0.1, -0.05) is 25.3 Å². The Balaban J connectivity index is 1.81. The Bertz CT molecular complexity index is 854. The minimum Gasteiger partial charge on any atom is -0.480 e. The molecule has 1 amide bonds. The van der Waals surface area contributed by atoms with Gasteiger partial charge in [0, 0.05) is 18.3 Å². The summed E-state index contributed by atoms with van der Waals surface area (Å²) in [6.45, 7) is 0. The van der Waals surface area contributed by atoms with Crippen LogP contribution in [0.4, 0.5) is 5.69 Å². The topological polar surface area (TPSA) is 127 Å². The summed E-state index contributed by atoms with van der Waals surface area (Å²) in [5.41, 5.74) is -0.854. The van der Waals surface area contributed by atoms with Crippen molar-refractivity contribution in [3.63, 3.8) is 0 Å². The molecule has 0 unspecified atom stereocenters. The van der Waals surface area contributed by atoms with Gasteiger partial charge >= 0.3 is 5.97 Å². The number of hydrogen-bond acceptors (Lipinski definition) is 5. The highest BCUT2D eigenvalue weighted by molar-refractivity contribution is 5.96. The van der Waals surface area contributed by atoms with Gasteiger partial charge in [-0.25, -0.2) is 9.48 Å². The second-order valence-electron chi connectivity index (χ2n) is 6.32. The van der Waals surface area contributed by atoms with Gasteiger partial charge < -0.3 is 10.4 Å². The summed E-state index contributed by atoms with van der Waals surface area (Å²) in [7, 11) is 0. The van der Waals surface area contributed by atoms with E-state index in [-0.39, 0.29) is 11.4 Å². The number of carbonyl (C=O) groups is 2. The van der Waals surface area contributed by atoms with Gasteiger partial charge in [0.05, 0.1) is 10.6 Å². The average Bonchev–Trinajstić information content (AvgIpc) is 3.13. The molecule has 1 fully saturated rings. The van der Waals surface area contributed by atoms with Gasteiger partial charge in [0.2, 0.25) is 0 Å². The third-order valence-electron chi connectivity index (χ3n) is 4.60. The average molecular weight is 358 g/mol. The van der Waals surface area contributed by atoms with Crippen molar-refractivity contribution in [2.45, 2.75) is 37.6 Å². The molecule has 0 bridgehead atoms. The molecular weight excluding hydrogens is 340 g/mol. The van der Waals surface area contributed by atoms with Crippen LogP contribution in [0.25, 0.3) is 5.69 Å². The zero-order chi connectivity index (χ0) is 18.7. The van der Waals surface area contributed by atoms with Crippen molar-refractivity contribution in [2.24, 2.45) is 0 Å². The predicted molar refractivity (Wildman–Crippen MR) is 91.1 cm³/mol. The number of carbonyl (C=O) groups excluding carboxylic acids is 1. The number of aliphatic carboxylic acids is 1. The molecule has 9 nitrogen and oxygen atoms in total. The molecule has 1 aromatic carbocycles. The molecule has 0 saturated heterocycles. The quantitative estimate of drug-likeness (QED) is 0.623. The van der Waals surface area contributed by atoms with Crippen LogP contribution in [0.15, 0.2) is 36.5 Å². The number of benzene rings is 1. The normalized spacial score (nSPS) is 16.0. The van der Waals surface area contributed by atoms with Crippen molar-refractivity contribution in [1.82, 2.24) is 15.1 Å². The number of aromatic nitrogens is 2. The standard InChI is InChI=1S/C17H18N4O5/c22-15(18-17(16(23)24)8-2-1-3-9-17)14-7-10-20(19-14)12-5-4-6-13(11-12)21(25)26/h4-7,10-11H,1-3,8-9H2,(H,18,22)(H,23,24). The lowest BCUT2D eigenvalue weighted by atomic mass is 9.81. The van der Waals surface area contributed by atoms with E-state index in [9.17, 15) is 24.8 Å². The molecule has 0 radical (unpaired) electrons. The van der Waals surface area contributed by atoms with Crippen molar-refractivity contribution >= 4 is 17.6 Å². The SMILES string of the molecule is O=C(NC1(C(=O)O)CCCCC1)c1ccn(-c2cccc([N+](=O)[O-])c2)n1. The number of nitro groups is 1. The minimum atomic E-state index is -1.26. The van der Waals surface area contributed by atoms with Crippen LogP contribution in [-0.4, -0.2) is 37.2 Å². The molecular formula is C17H18N4O5. The third-order valence-corrected chi connectivity index (χ3v) is 4.60. The molecule has 0 spiro atoms. The molecule has 3 rings (SSSR count). The fourth-order valence-electron chi connectivity index (χ4n) is 3.17. The number of nitrogens with zero attached hydrogens (tertiary/aromatic N) is 3. The van der Waals surface area contributed by atoms with Crippen LogP contribution in [0.5, 0.6) is 0 Å². The highest BCUT2D eigenvalue weighted by Gasteiger charge is 2.41. The molecule has 26 heavy (non-hydrogen) atoms. The smallest absolute Gasteiger partial charge is 0.329 e. The zero-order valence-electron chi connectivity index (χ0n) is 13.9. The van der Waals surface area contributed by atoms with Gasteiger partial charge in [0.1, 0.15) is 5.54 Å². The first kappa shape index (κ1) is 17.6. The molecule has 9 heteroatoms. The number of nitrogens with one attached hydrogen (secondary N) is 1. The molecule has 2 N–H and O–H groups in total. The van der Waals surface area contributed by atoms with Crippen molar-refractivity contribution < 1.29 is 19.6 Å². The summed E-state index contributed by atoms with van der Waals surface area (Å²) in [5, 5.41) is 27.2. The van der Waals surface area contributed by atoms with Gasteiger partial charge in [-0.15, -0.1) is 0 Å². The Labute approximate surface area is 148 Å². The van der Waals surface area contributed by atoms with Gasteiger partial charge in [-0.3, -0.25) is 14.9 Å². The van der Waals surface area contributed by atoms with Crippen LogP contribution in [-0.2, 0) is 4.79 Å². The first-order valence-electron chi connectivity index (χ1n) is 8.28. The minimum absolute atomic E-state index is 0.0581. The Morgan fingerprint density at radius 2 is 1.96 bits per heavy atom. The van der Waals surface area contributed by atoms with Crippen LogP contribution in [0.1, 0.15) is 42.6 Å². The molecule has 0 aliphatic heterocycles. The summed E-state index contributed by atoms with van der Waals surface area (Å²) in [5.74, 6) is -1.61. The maximum absolute atomic E-state index is 12.5. The lowest BCUT2D eigenvalue weighted by molar-refractivity contribution is -0.384. The molecule has 1 saturated carbocycles. The van der Waals surface area contributed by atoms with E-state index in [4.69, 9.17) is 0 Å². The molecule has 1 heterocycles. The summed E-state index contributed by atoms with van der Waals surface area (Å²) >= 11 is 0. The number of hydrogen-bond donors (Lipinski definition) is 2. The molecule has 1 aliphatic rings. The maximum Gasteiger partial charge on any atom is 0.329 e. The number of nitro benzene ring substituents is 1. The fraction of sp³-hybridized carbons (Fsp3) is 0.353. The van der Waals surface area contributed by atoms with E-state index in [0.717, 1.165) is 19.3 Å². The van der Waals surface area contributed by atoms with E-state index in [0.29, 0.717) is 18.5 Å². The summed E-state index contributed by atoms with van der Waals surface area (Å²) in [6.07, 6.45) is 4.72. The monoisotopic (exact) mass is 358 g/mol. The second-order valence-corrected chi connectivity index (χ2v) is 6.32. The van der Waals surface area contributed by atoms with Gasteiger partial charge in [-0.2, -0.15) is 5.10 Å². The van der Waals surface area contributed by atoms with Crippen LogP contribution >= 0.6 is 0 Å². The van der Waals surface area contributed by atoms with E-state index < -0.39 is 22.3 Å². The van der Waals surface area contributed by atoms with E-state index >= 15 is 0 Å². The van der Waals surface area contributed by atoms with E-state index in [1.165, 1.54) is 35.1 Å². The second kappa shape index (κ2) is 6.95. The Morgan fingerprint density at radius 1 is 1.23 bits per heavy atom. The Hall–Kier alpha value is -3.23. The Kier molecular flexibility index (Phi) is 4.70. The van der Waals surface area contributed by atoms with Crippen molar-refractivity contribution in [2.75, 3.05) is 0 Å². The number of carboxylic acids is 1. The van der Waals surface area contributed by atoms with Gasteiger partial charge in [-0.05, 0) is 25.0 Å². The largest absolute Gasteiger partial charge is 0.480 e. The Morgan fingerprint density at radius 3 is 2.62 bits per heavy atom. The van der Waals surface area contributed by atoms with Gasteiger partial charge in [0.25, 0.3) is 11.6 Å². The van der Waals surface area contributed by atoms with Crippen LogP contribution < -0.4 is 5.32 Å². The molecule has 136 valence electrons. The summed E-state index contributed by atoms with van der Waals surface area (Å²) in [4.78, 5) is 34.5. The number of rotatable bonds is 5. The first-order valence-corrected chi connectivity index (χ1v) is 8.28. The van der Waals surface area contributed by atoms with Crippen LogP contribution in [0.2, 0.25) is 0 Å². The van der Waals surface area contributed by atoms with Crippen LogP contribution in [0.3, 0.4) is 0 Å². The van der Waals surface area contributed by atoms with E-state index in [1.807, 2.05) is 0 Å². The van der Waals surface area contributed by atoms with Crippen molar-refractivity contribution in [3.05, 3.63) is 52.3 Å². The van der Waals surface area contributed by atoms with E-state index in [2.05, 4.69) is 10.4 Å². The lowest BCUT2D eigenvalue weighted by Gasteiger charge is -2.33. The molecule has 1 aromatic heterocycles. The number of carboxylic acid groups (broad SMARTS) is 1. The predicted octanol–water partition coefficient (Wildman–Crippen LogP) is 2.30. The van der Waals surface area contributed by atoms with Crippen molar-refractivity contribution in [1.29, 1.82) is 0 Å².